The normalized spacial score (nSPS) is 10.2. The zero-order chi connectivity index (χ0) is 12.3. The fourth-order valence-corrected chi connectivity index (χ4v) is 2.06. The van der Waals surface area contributed by atoms with Crippen molar-refractivity contribution < 1.29 is 4.92 Å². The van der Waals surface area contributed by atoms with E-state index in [2.05, 4.69) is 12.6 Å². The summed E-state index contributed by atoms with van der Waals surface area (Å²) in [5, 5.41) is 11.0. The summed E-state index contributed by atoms with van der Waals surface area (Å²) < 4.78 is 0. The number of hydrogen-bond donors (Lipinski definition) is 1. The van der Waals surface area contributed by atoms with Crippen molar-refractivity contribution >= 4 is 18.3 Å². The van der Waals surface area contributed by atoms with E-state index in [-0.39, 0.29) is 10.6 Å². The first kappa shape index (κ1) is 11.7. The lowest BCUT2D eigenvalue weighted by molar-refractivity contribution is -0.384. The summed E-state index contributed by atoms with van der Waals surface area (Å²) in [6.45, 7) is 0. The molecule has 0 aliphatic rings. The van der Waals surface area contributed by atoms with Crippen LogP contribution >= 0.6 is 12.6 Å². The van der Waals surface area contributed by atoms with Crippen molar-refractivity contribution in [2.75, 3.05) is 0 Å². The summed E-state index contributed by atoms with van der Waals surface area (Å²) in [5.41, 5.74) is 2.63. The van der Waals surface area contributed by atoms with Gasteiger partial charge in [0.2, 0.25) is 0 Å². The maximum absolute atomic E-state index is 11.0. The van der Waals surface area contributed by atoms with E-state index in [9.17, 15) is 10.1 Å². The maximum atomic E-state index is 11.0. The molecule has 0 aliphatic carbocycles. The number of benzene rings is 2. The first-order chi connectivity index (χ1) is 8.24. The van der Waals surface area contributed by atoms with Crippen LogP contribution in [0.4, 0.5) is 5.69 Å². The second-order valence-corrected chi connectivity index (χ2v) is 3.91. The molecular weight excluding hydrogens is 234 g/mol. The van der Waals surface area contributed by atoms with Gasteiger partial charge in [0.1, 0.15) is 0 Å². The molecule has 0 fully saturated rings. The van der Waals surface area contributed by atoms with Crippen molar-refractivity contribution in [2.24, 2.45) is 0 Å². The van der Waals surface area contributed by atoms with Gasteiger partial charge in [-0.25, -0.2) is 0 Å². The third-order valence-corrected chi connectivity index (χ3v) is 2.92. The number of nitro benzene ring substituents is 1. The molecule has 86 valence electrons. The lowest BCUT2D eigenvalue weighted by Crippen LogP contribution is -1.93. The summed E-state index contributed by atoms with van der Waals surface area (Å²) >= 11 is 4.25. The average Bonchev–Trinajstić information content (AvgIpc) is 2.38. The van der Waals surface area contributed by atoms with E-state index in [4.69, 9.17) is 0 Å². The number of nitro groups is 1. The fourth-order valence-electron chi connectivity index (χ4n) is 1.78. The highest BCUT2D eigenvalue weighted by Gasteiger charge is 2.15. The third kappa shape index (κ3) is 2.31. The summed E-state index contributed by atoms with van der Waals surface area (Å²) in [6.07, 6.45) is 0. The van der Waals surface area contributed by atoms with E-state index in [1.54, 1.807) is 18.2 Å². The van der Waals surface area contributed by atoms with Crippen molar-refractivity contribution in [1.29, 1.82) is 0 Å². The zero-order valence-corrected chi connectivity index (χ0v) is 9.93. The molecule has 0 radical (unpaired) electrons. The van der Waals surface area contributed by atoms with Crippen molar-refractivity contribution in [3.05, 3.63) is 64.2 Å². The molecule has 0 bridgehead atoms. The van der Waals surface area contributed by atoms with E-state index in [0.29, 0.717) is 11.3 Å². The summed E-state index contributed by atoms with van der Waals surface area (Å²) in [5.74, 6) is 0.558. The van der Waals surface area contributed by atoms with Gasteiger partial charge in [-0.05, 0) is 17.2 Å². The fraction of sp³-hybridized carbons (Fsp3) is 0.0769. The molecule has 0 saturated heterocycles. The molecular formula is C13H11NO2S. The maximum Gasteiger partial charge on any atom is 0.277 e. The minimum atomic E-state index is -0.357. The Balaban J connectivity index is 2.64. The van der Waals surface area contributed by atoms with Gasteiger partial charge in [0.05, 0.1) is 10.5 Å². The third-order valence-electron chi connectivity index (χ3n) is 2.58. The van der Waals surface area contributed by atoms with Crippen LogP contribution in [0.15, 0.2) is 48.5 Å². The van der Waals surface area contributed by atoms with Gasteiger partial charge >= 0.3 is 0 Å². The Morgan fingerprint density at radius 3 is 2.24 bits per heavy atom. The Morgan fingerprint density at radius 1 is 1.00 bits per heavy atom. The highest BCUT2D eigenvalue weighted by Crippen LogP contribution is 2.32. The molecule has 2 aromatic rings. The van der Waals surface area contributed by atoms with Crippen LogP contribution in [0.3, 0.4) is 0 Å². The van der Waals surface area contributed by atoms with Gasteiger partial charge in [-0.1, -0.05) is 36.4 Å². The number of rotatable bonds is 3. The molecule has 0 saturated carbocycles. The standard InChI is InChI=1S/C13H11NO2S/c15-14(16)13-8-4-3-7-12(13)11-6-2-1-5-10(11)9-17/h1-8,17H,9H2. The Labute approximate surface area is 105 Å². The molecule has 4 heteroatoms. The van der Waals surface area contributed by atoms with E-state index < -0.39 is 0 Å². The largest absolute Gasteiger partial charge is 0.277 e. The molecule has 0 atom stereocenters. The van der Waals surface area contributed by atoms with Crippen LogP contribution in [0.1, 0.15) is 5.56 Å². The number of para-hydroxylation sites is 1. The second-order valence-electron chi connectivity index (χ2n) is 3.59. The van der Waals surface area contributed by atoms with Gasteiger partial charge < -0.3 is 0 Å². The van der Waals surface area contributed by atoms with Crippen molar-refractivity contribution in [3.8, 4) is 11.1 Å². The topological polar surface area (TPSA) is 43.1 Å². The van der Waals surface area contributed by atoms with Crippen molar-refractivity contribution in [3.63, 3.8) is 0 Å². The number of nitrogens with zero attached hydrogens (tertiary/aromatic N) is 1. The van der Waals surface area contributed by atoms with Crippen LogP contribution in [0.2, 0.25) is 0 Å². The SMILES string of the molecule is O=[N+]([O-])c1ccccc1-c1ccccc1CS. The van der Waals surface area contributed by atoms with Crippen molar-refractivity contribution in [1.82, 2.24) is 0 Å². The minimum Gasteiger partial charge on any atom is -0.258 e. The lowest BCUT2D eigenvalue weighted by Gasteiger charge is -2.07. The van der Waals surface area contributed by atoms with E-state index in [1.165, 1.54) is 6.07 Å². The molecule has 0 aromatic heterocycles. The van der Waals surface area contributed by atoms with E-state index in [1.807, 2.05) is 24.3 Å². The molecule has 0 heterocycles. The summed E-state index contributed by atoms with van der Waals surface area (Å²) in [4.78, 5) is 10.6. The molecule has 2 aromatic carbocycles. The van der Waals surface area contributed by atoms with Gasteiger partial charge in [-0.15, -0.1) is 0 Å². The molecule has 0 amide bonds. The van der Waals surface area contributed by atoms with Gasteiger partial charge in [0.15, 0.2) is 0 Å². The lowest BCUT2D eigenvalue weighted by atomic mass is 9.99. The molecule has 0 unspecified atom stereocenters. The van der Waals surface area contributed by atoms with E-state index in [0.717, 1.165) is 11.1 Å². The minimum absolute atomic E-state index is 0.127. The van der Waals surface area contributed by atoms with Crippen LogP contribution < -0.4 is 0 Å². The summed E-state index contributed by atoms with van der Waals surface area (Å²) in [7, 11) is 0. The smallest absolute Gasteiger partial charge is 0.258 e. The average molecular weight is 245 g/mol. The molecule has 3 nitrogen and oxygen atoms in total. The van der Waals surface area contributed by atoms with Gasteiger partial charge in [-0.3, -0.25) is 10.1 Å². The first-order valence-electron chi connectivity index (χ1n) is 5.16. The van der Waals surface area contributed by atoms with Crippen LogP contribution in [0.25, 0.3) is 11.1 Å². The Bertz CT molecular complexity index is 555. The van der Waals surface area contributed by atoms with Gasteiger partial charge in [0.25, 0.3) is 5.69 Å². The highest BCUT2D eigenvalue weighted by atomic mass is 32.1. The highest BCUT2D eigenvalue weighted by molar-refractivity contribution is 7.79. The predicted octanol–water partition coefficient (Wildman–Crippen LogP) is 3.69. The number of thiol groups is 1. The number of hydrogen-bond acceptors (Lipinski definition) is 3. The zero-order valence-electron chi connectivity index (χ0n) is 9.04. The first-order valence-corrected chi connectivity index (χ1v) is 5.80. The second kappa shape index (κ2) is 5.01. The van der Waals surface area contributed by atoms with Crippen LogP contribution in [0, 0.1) is 10.1 Å². The predicted molar refractivity (Wildman–Crippen MR) is 71.2 cm³/mol. The Morgan fingerprint density at radius 2 is 1.59 bits per heavy atom. The molecule has 0 aliphatic heterocycles. The van der Waals surface area contributed by atoms with Crippen LogP contribution in [-0.2, 0) is 5.75 Å². The summed E-state index contributed by atoms with van der Waals surface area (Å²) in [6, 6.07) is 14.4. The molecule has 2 rings (SSSR count). The van der Waals surface area contributed by atoms with Crippen molar-refractivity contribution in [2.45, 2.75) is 5.75 Å². The van der Waals surface area contributed by atoms with Crippen LogP contribution in [0.5, 0.6) is 0 Å². The Kier molecular flexibility index (Phi) is 3.44. The molecule has 0 spiro atoms. The van der Waals surface area contributed by atoms with Crippen LogP contribution in [-0.4, -0.2) is 4.92 Å². The Hall–Kier alpha value is -1.81. The molecule has 17 heavy (non-hydrogen) atoms. The van der Waals surface area contributed by atoms with E-state index >= 15 is 0 Å². The van der Waals surface area contributed by atoms with Gasteiger partial charge in [0, 0.05) is 11.8 Å². The quantitative estimate of drug-likeness (QED) is 0.509. The molecule has 0 N–H and O–H groups in total. The van der Waals surface area contributed by atoms with Gasteiger partial charge in [-0.2, -0.15) is 12.6 Å². The monoisotopic (exact) mass is 245 g/mol.